The Kier molecular flexibility index (Phi) is 3.93. The van der Waals surface area contributed by atoms with E-state index in [1.54, 1.807) is 12.3 Å². The first-order valence-electron chi connectivity index (χ1n) is 5.23. The third kappa shape index (κ3) is 3.55. The third-order valence-electron chi connectivity index (χ3n) is 2.26. The number of sulfonamides is 1. The summed E-state index contributed by atoms with van der Waals surface area (Å²) in [6, 6.07) is 2.14. The molecule has 0 aliphatic carbocycles. The molecule has 2 rings (SSSR count). The molecule has 0 aliphatic rings. The molecule has 0 amide bonds. The minimum absolute atomic E-state index is 0.0230. The van der Waals surface area contributed by atoms with Gasteiger partial charge in [-0.3, -0.25) is 0 Å². The van der Waals surface area contributed by atoms with Gasteiger partial charge in [-0.05, 0) is 19.1 Å². The fourth-order valence-electron chi connectivity index (χ4n) is 1.43. The Balaban J connectivity index is 2.18. The molecule has 8 heteroatoms. The van der Waals surface area contributed by atoms with Gasteiger partial charge in [-0.25, -0.2) is 26.9 Å². The molecule has 0 fully saturated rings. The lowest BCUT2D eigenvalue weighted by Gasteiger charge is -2.05. The fourth-order valence-corrected chi connectivity index (χ4v) is 3.08. The van der Waals surface area contributed by atoms with Crippen molar-refractivity contribution in [3.8, 4) is 0 Å². The lowest BCUT2D eigenvalue weighted by atomic mass is 10.3. The number of rotatable bonds is 4. The molecule has 0 atom stereocenters. The smallest absolute Gasteiger partial charge is 0.241 e. The summed E-state index contributed by atoms with van der Waals surface area (Å²) in [6.45, 7) is 1.77. The molecule has 4 nitrogen and oxygen atoms in total. The fraction of sp³-hybridized carbons (Fsp3) is 0.182. The molecule has 1 aromatic carbocycles. The van der Waals surface area contributed by atoms with Gasteiger partial charge in [0, 0.05) is 11.4 Å². The van der Waals surface area contributed by atoms with Crippen molar-refractivity contribution in [1.82, 2.24) is 9.71 Å². The number of aryl methyl sites for hydroxylation is 1. The number of aromatic nitrogens is 1. The highest BCUT2D eigenvalue weighted by atomic mass is 32.2. The summed E-state index contributed by atoms with van der Waals surface area (Å²) < 4.78 is 51.9. The van der Waals surface area contributed by atoms with Crippen molar-refractivity contribution in [3.63, 3.8) is 0 Å². The zero-order valence-corrected chi connectivity index (χ0v) is 11.5. The van der Waals surface area contributed by atoms with Gasteiger partial charge in [0.05, 0.1) is 22.1 Å². The summed E-state index contributed by atoms with van der Waals surface area (Å²) in [4.78, 5) is 3.64. The largest absolute Gasteiger partial charge is 0.245 e. The van der Waals surface area contributed by atoms with Gasteiger partial charge in [-0.2, -0.15) is 0 Å². The van der Waals surface area contributed by atoms with Crippen LogP contribution < -0.4 is 4.72 Å². The lowest BCUT2D eigenvalue weighted by Crippen LogP contribution is -2.23. The van der Waals surface area contributed by atoms with Crippen LogP contribution in [0.4, 0.5) is 8.78 Å². The minimum Gasteiger partial charge on any atom is -0.245 e. The van der Waals surface area contributed by atoms with Crippen LogP contribution >= 0.6 is 11.3 Å². The van der Waals surface area contributed by atoms with Gasteiger partial charge in [0.1, 0.15) is 11.6 Å². The third-order valence-corrected chi connectivity index (χ3v) is 4.46. The number of hydrogen-bond acceptors (Lipinski definition) is 4. The highest BCUT2D eigenvalue weighted by Gasteiger charge is 2.16. The Bertz CT molecular complexity index is 678. The van der Waals surface area contributed by atoms with Gasteiger partial charge >= 0.3 is 0 Å². The Morgan fingerprint density at radius 1 is 1.26 bits per heavy atom. The van der Waals surface area contributed by atoms with Crippen LogP contribution in [0.15, 0.2) is 28.5 Å². The molecule has 1 N–H and O–H groups in total. The summed E-state index contributed by atoms with van der Waals surface area (Å²) in [6.07, 6.45) is 0. The summed E-state index contributed by atoms with van der Waals surface area (Å²) >= 11 is 1.39. The molecule has 1 heterocycles. The Labute approximate surface area is 113 Å². The van der Waals surface area contributed by atoms with Crippen LogP contribution in [0.1, 0.15) is 10.7 Å². The van der Waals surface area contributed by atoms with Crippen molar-refractivity contribution < 1.29 is 17.2 Å². The second-order valence-corrected chi connectivity index (χ2v) is 6.62. The van der Waals surface area contributed by atoms with Gasteiger partial charge in [-0.1, -0.05) is 0 Å². The zero-order valence-electron chi connectivity index (χ0n) is 9.85. The molecule has 0 saturated carbocycles. The van der Waals surface area contributed by atoms with E-state index in [2.05, 4.69) is 9.71 Å². The first-order valence-corrected chi connectivity index (χ1v) is 7.60. The number of hydrogen-bond donors (Lipinski definition) is 1. The Morgan fingerprint density at radius 2 is 1.89 bits per heavy atom. The van der Waals surface area contributed by atoms with Crippen LogP contribution in [0, 0.1) is 18.6 Å². The number of thiazole rings is 1. The van der Waals surface area contributed by atoms with Gasteiger partial charge in [0.15, 0.2) is 0 Å². The van der Waals surface area contributed by atoms with Gasteiger partial charge in [0.25, 0.3) is 0 Å². The second kappa shape index (κ2) is 5.32. The first kappa shape index (κ1) is 14.0. The molecule has 0 unspecified atom stereocenters. The average Bonchev–Trinajstić information content (AvgIpc) is 2.71. The molecule has 0 spiro atoms. The van der Waals surface area contributed by atoms with Crippen molar-refractivity contribution in [2.75, 3.05) is 0 Å². The molecule has 0 saturated heterocycles. The van der Waals surface area contributed by atoms with Crippen molar-refractivity contribution in [2.24, 2.45) is 0 Å². The van der Waals surface area contributed by atoms with Crippen LogP contribution in [0.3, 0.4) is 0 Å². The molecule has 2 aromatic rings. The van der Waals surface area contributed by atoms with E-state index in [0.29, 0.717) is 11.8 Å². The summed E-state index contributed by atoms with van der Waals surface area (Å²) in [5.41, 5.74) is 0.558. The molecular formula is C11H10F2N2O2S2. The van der Waals surface area contributed by atoms with Crippen LogP contribution in [0.5, 0.6) is 0 Å². The van der Waals surface area contributed by atoms with Crippen molar-refractivity contribution in [3.05, 3.63) is 45.9 Å². The maximum Gasteiger partial charge on any atom is 0.241 e. The SMILES string of the molecule is Cc1nc(CNS(=O)(=O)c2cc(F)cc(F)c2)cs1. The van der Waals surface area contributed by atoms with E-state index >= 15 is 0 Å². The number of halogens is 2. The summed E-state index contributed by atoms with van der Waals surface area (Å²) in [7, 11) is -3.96. The maximum atomic E-state index is 13.0. The summed E-state index contributed by atoms with van der Waals surface area (Å²) in [5, 5.41) is 2.52. The number of nitrogens with one attached hydrogen (secondary N) is 1. The van der Waals surface area contributed by atoms with Gasteiger partial charge in [0.2, 0.25) is 10.0 Å². The topological polar surface area (TPSA) is 59.1 Å². The van der Waals surface area contributed by atoms with Crippen molar-refractivity contribution >= 4 is 21.4 Å². The van der Waals surface area contributed by atoms with E-state index in [0.717, 1.165) is 17.1 Å². The molecule has 0 radical (unpaired) electrons. The predicted molar refractivity (Wildman–Crippen MR) is 67.2 cm³/mol. The van der Waals surface area contributed by atoms with Crippen molar-refractivity contribution in [2.45, 2.75) is 18.4 Å². The number of nitrogens with zero attached hydrogens (tertiary/aromatic N) is 1. The Morgan fingerprint density at radius 3 is 2.42 bits per heavy atom. The number of benzene rings is 1. The lowest BCUT2D eigenvalue weighted by molar-refractivity contribution is 0.561. The van der Waals surface area contributed by atoms with Gasteiger partial charge in [-0.15, -0.1) is 11.3 Å². The quantitative estimate of drug-likeness (QED) is 0.942. The molecular weight excluding hydrogens is 294 g/mol. The van der Waals surface area contributed by atoms with Crippen LogP contribution in [-0.4, -0.2) is 13.4 Å². The van der Waals surface area contributed by atoms with Crippen LogP contribution in [-0.2, 0) is 16.6 Å². The molecule has 19 heavy (non-hydrogen) atoms. The summed E-state index contributed by atoms with van der Waals surface area (Å²) in [5.74, 6) is -1.88. The van der Waals surface area contributed by atoms with E-state index in [1.165, 1.54) is 11.3 Å². The first-order chi connectivity index (χ1) is 8.87. The molecule has 0 bridgehead atoms. The predicted octanol–water partition coefficient (Wildman–Crippen LogP) is 2.21. The minimum atomic E-state index is -3.96. The van der Waals surface area contributed by atoms with Gasteiger partial charge < -0.3 is 0 Å². The highest BCUT2D eigenvalue weighted by Crippen LogP contribution is 2.14. The average molecular weight is 304 g/mol. The van der Waals surface area contributed by atoms with E-state index in [-0.39, 0.29) is 6.54 Å². The zero-order chi connectivity index (χ0) is 14.0. The maximum absolute atomic E-state index is 13.0. The monoisotopic (exact) mass is 304 g/mol. The van der Waals surface area contributed by atoms with Crippen molar-refractivity contribution in [1.29, 1.82) is 0 Å². The second-order valence-electron chi connectivity index (χ2n) is 3.79. The molecule has 1 aromatic heterocycles. The van der Waals surface area contributed by atoms with E-state index in [9.17, 15) is 17.2 Å². The Hall–Kier alpha value is -1.38. The van der Waals surface area contributed by atoms with Crippen LogP contribution in [0.2, 0.25) is 0 Å². The standard InChI is InChI=1S/C11H10F2N2O2S2/c1-7-15-10(6-18-7)5-14-19(16,17)11-3-8(12)2-9(13)4-11/h2-4,6,14H,5H2,1H3. The molecule has 0 aliphatic heterocycles. The van der Waals surface area contributed by atoms with E-state index in [1.807, 2.05) is 0 Å². The molecule has 102 valence electrons. The van der Waals surface area contributed by atoms with Crippen LogP contribution in [0.25, 0.3) is 0 Å². The highest BCUT2D eigenvalue weighted by molar-refractivity contribution is 7.89. The normalized spacial score (nSPS) is 11.7. The van der Waals surface area contributed by atoms with E-state index in [4.69, 9.17) is 0 Å². The van der Waals surface area contributed by atoms with E-state index < -0.39 is 26.6 Å².